The molecule has 1 N–H and O–H groups in total. The van der Waals surface area contributed by atoms with Crippen molar-refractivity contribution >= 4 is 34.3 Å². The number of aliphatic carboxylic acids is 1. The van der Waals surface area contributed by atoms with E-state index in [1.165, 1.54) is 23.0 Å². The summed E-state index contributed by atoms with van der Waals surface area (Å²) in [5.74, 6) is -0.435. The van der Waals surface area contributed by atoms with Crippen LogP contribution in [0, 0.1) is 0 Å². The maximum Gasteiger partial charge on any atom is 0.307 e. The van der Waals surface area contributed by atoms with E-state index in [2.05, 4.69) is 9.97 Å². The summed E-state index contributed by atoms with van der Waals surface area (Å²) in [6, 6.07) is 0. The third kappa shape index (κ3) is 4.80. The van der Waals surface area contributed by atoms with E-state index in [9.17, 15) is 13.2 Å². The zero-order valence-corrected chi connectivity index (χ0v) is 13.1. The van der Waals surface area contributed by atoms with Crippen molar-refractivity contribution in [2.45, 2.75) is 6.42 Å². The number of halogens is 1. The molecule has 0 aromatic carbocycles. The van der Waals surface area contributed by atoms with E-state index in [1.54, 1.807) is 0 Å². The molecule has 1 aromatic rings. The average molecular weight is 337 g/mol. The molecule has 0 amide bonds. The molecule has 2 heterocycles. The van der Waals surface area contributed by atoms with Crippen molar-refractivity contribution in [3.05, 3.63) is 18.0 Å². The van der Waals surface area contributed by atoms with Crippen molar-refractivity contribution in [3.8, 4) is 0 Å². The minimum absolute atomic E-state index is 0. The zero-order valence-electron chi connectivity index (χ0n) is 11.5. The molecule has 1 fully saturated rings. The van der Waals surface area contributed by atoms with Crippen LogP contribution in [0.2, 0.25) is 0 Å². The Morgan fingerprint density at radius 3 is 2.19 bits per heavy atom. The van der Waals surface area contributed by atoms with E-state index >= 15 is 0 Å². The summed E-state index contributed by atoms with van der Waals surface area (Å²) < 4.78 is 24.2. The van der Waals surface area contributed by atoms with Gasteiger partial charge in [0.2, 0.25) is 16.0 Å². The lowest BCUT2D eigenvalue weighted by molar-refractivity contribution is -0.136. The van der Waals surface area contributed by atoms with Gasteiger partial charge in [0.15, 0.2) is 0 Å². The van der Waals surface area contributed by atoms with E-state index in [-0.39, 0.29) is 18.8 Å². The Labute approximate surface area is 129 Å². The Hall–Kier alpha value is -1.45. The number of carbonyl (C=O) groups is 1. The second kappa shape index (κ2) is 7.01. The number of anilines is 1. The third-order valence-corrected chi connectivity index (χ3v) is 4.34. The fraction of sp³-hybridized carbons (Fsp3) is 0.545. The number of sulfonamides is 1. The highest BCUT2D eigenvalue weighted by Gasteiger charge is 2.24. The summed E-state index contributed by atoms with van der Waals surface area (Å²) in [7, 11) is -3.15. The first-order valence-electron chi connectivity index (χ1n) is 6.09. The molecule has 2 rings (SSSR count). The highest BCUT2D eigenvalue weighted by atomic mass is 35.5. The number of rotatable bonds is 4. The standard InChI is InChI=1S/C11H16N4O4S.ClH/c1-20(18,19)15-4-2-14(3-5-15)11-12-7-9(8-13-11)6-10(16)17;/h7-8H,2-6H2,1H3,(H,16,17);1H. The molecule has 1 aromatic heterocycles. The summed E-state index contributed by atoms with van der Waals surface area (Å²) in [6.45, 7) is 1.84. The normalized spacial score (nSPS) is 16.3. The highest BCUT2D eigenvalue weighted by Crippen LogP contribution is 2.12. The van der Waals surface area contributed by atoms with Gasteiger partial charge in [-0.2, -0.15) is 4.31 Å². The van der Waals surface area contributed by atoms with Crippen molar-refractivity contribution in [2.75, 3.05) is 37.3 Å². The van der Waals surface area contributed by atoms with Gasteiger partial charge in [-0.1, -0.05) is 0 Å². The summed E-state index contributed by atoms with van der Waals surface area (Å²) in [5.41, 5.74) is 0.538. The molecule has 0 aliphatic carbocycles. The molecule has 8 nitrogen and oxygen atoms in total. The maximum atomic E-state index is 11.4. The number of nitrogens with zero attached hydrogens (tertiary/aromatic N) is 4. The number of piperazine rings is 1. The molecule has 0 saturated carbocycles. The van der Waals surface area contributed by atoms with Gasteiger partial charge in [0.25, 0.3) is 0 Å². The molecular formula is C11H17ClN4O4S. The van der Waals surface area contributed by atoms with Crippen LogP contribution < -0.4 is 4.90 Å². The van der Waals surface area contributed by atoms with Crippen molar-refractivity contribution in [1.82, 2.24) is 14.3 Å². The first-order chi connectivity index (χ1) is 9.36. The highest BCUT2D eigenvalue weighted by molar-refractivity contribution is 7.88. The average Bonchev–Trinajstić information content (AvgIpc) is 2.38. The molecule has 0 atom stereocenters. The predicted molar refractivity (Wildman–Crippen MR) is 79.2 cm³/mol. The number of carboxylic acid groups (broad SMARTS) is 1. The van der Waals surface area contributed by atoms with Gasteiger partial charge in [0.1, 0.15) is 0 Å². The number of hydrogen-bond acceptors (Lipinski definition) is 6. The van der Waals surface area contributed by atoms with E-state index in [4.69, 9.17) is 5.11 Å². The number of aromatic nitrogens is 2. The number of hydrogen-bond donors (Lipinski definition) is 1. The molecule has 0 spiro atoms. The topological polar surface area (TPSA) is 104 Å². The minimum atomic E-state index is -3.15. The van der Waals surface area contributed by atoms with Crippen LogP contribution in [0.3, 0.4) is 0 Å². The lowest BCUT2D eigenvalue weighted by atomic mass is 10.2. The van der Waals surface area contributed by atoms with Crippen LogP contribution in [-0.2, 0) is 21.2 Å². The van der Waals surface area contributed by atoms with Crippen LogP contribution in [0.1, 0.15) is 5.56 Å². The molecule has 10 heteroatoms. The van der Waals surface area contributed by atoms with E-state index in [0.29, 0.717) is 37.7 Å². The second-order valence-corrected chi connectivity index (χ2v) is 6.59. The van der Waals surface area contributed by atoms with Gasteiger partial charge in [-0.25, -0.2) is 18.4 Å². The molecule has 118 valence electrons. The predicted octanol–water partition coefficient (Wildman–Crippen LogP) is -0.393. The lowest BCUT2D eigenvalue weighted by Gasteiger charge is -2.33. The summed E-state index contributed by atoms with van der Waals surface area (Å²) >= 11 is 0. The van der Waals surface area contributed by atoms with Gasteiger partial charge in [-0.05, 0) is 0 Å². The third-order valence-electron chi connectivity index (χ3n) is 3.04. The van der Waals surface area contributed by atoms with Crippen molar-refractivity contribution in [1.29, 1.82) is 0 Å². The van der Waals surface area contributed by atoms with Gasteiger partial charge in [-0.15, -0.1) is 12.4 Å². The lowest BCUT2D eigenvalue weighted by Crippen LogP contribution is -2.48. The monoisotopic (exact) mass is 336 g/mol. The zero-order chi connectivity index (χ0) is 14.8. The molecule has 0 radical (unpaired) electrons. The smallest absolute Gasteiger partial charge is 0.307 e. The van der Waals surface area contributed by atoms with Gasteiger partial charge >= 0.3 is 5.97 Å². The Kier molecular flexibility index (Phi) is 5.87. The molecule has 21 heavy (non-hydrogen) atoms. The largest absolute Gasteiger partial charge is 0.481 e. The van der Waals surface area contributed by atoms with Gasteiger partial charge in [0.05, 0.1) is 12.7 Å². The summed E-state index contributed by atoms with van der Waals surface area (Å²) in [6.07, 6.45) is 4.06. The van der Waals surface area contributed by atoms with Gasteiger partial charge in [-0.3, -0.25) is 4.79 Å². The van der Waals surface area contributed by atoms with E-state index in [0.717, 1.165) is 0 Å². The maximum absolute atomic E-state index is 11.4. The van der Waals surface area contributed by atoms with Crippen molar-refractivity contribution in [3.63, 3.8) is 0 Å². The van der Waals surface area contributed by atoms with Crippen LogP contribution in [0.15, 0.2) is 12.4 Å². The Morgan fingerprint density at radius 2 is 1.76 bits per heavy atom. The Morgan fingerprint density at radius 1 is 1.24 bits per heavy atom. The second-order valence-electron chi connectivity index (χ2n) is 4.61. The fourth-order valence-electron chi connectivity index (χ4n) is 2.00. The van der Waals surface area contributed by atoms with Crippen LogP contribution in [0.5, 0.6) is 0 Å². The molecule has 1 aliphatic rings. The molecule has 0 unspecified atom stereocenters. The Bertz CT molecular complexity index is 585. The van der Waals surface area contributed by atoms with Crippen molar-refractivity contribution in [2.24, 2.45) is 0 Å². The van der Waals surface area contributed by atoms with Crippen LogP contribution in [-0.4, -0.2) is 66.2 Å². The van der Waals surface area contributed by atoms with E-state index < -0.39 is 16.0 Å². The first kappa shape index (κ1) is 17.6. The van der Waals surface area contributed by atoms with Crippen LogP contribution in [0.25, 0.3) is 0 Å². The van der Waals surface area contributed by atoms with E-state index in [1.807, 2.05) is 4.90 Å². The summed E-state index contributed by atoms with van der Waals surface area (Å²) in [4.78, 5) is 20.7. The summed E-state index contributed by atoms with van der Waals surface area (Å²) in [5, 5.41) is 8.66. The van der Waals surface area contributed by atoms with Crippen LogP contribution in [0.4, 0.5) is 5.95 Å². The Balaban J connectivity index is 0.00000220. The molecule has 0 bridgehead atoms. The molecular weight excluding hydrogens is 320 g/mol. The minimum Gasteiger partial charge on any atom is -0.481 e. The van der Waals surface area contributed by atoms with Gasteiger partial charge in [0, 0.05) is 44.1 Å². The van der Waals surface area contributed by atoms with Gasteiger partial charge < -0.3 is 10.0 Å². The quantitative estimate of drug-likeness (QED) is 0.798. The van der Waals surface area contributed by atoms with Crippen LogP contribution >= 0.6 is 12.4 Å². The fourth-order valence-corrected chi connectivity index (χ4v) is 2.82. The molecule has 1 aliphatic heterocycles. The first-order valence-corrected chi connectivity index (χ1v) is 7.94. The van der Waals surface area contributed by atoms with Crippen molar-refractivity contribution < 1.29 is 18.3 Å². The molecule has 1 saturated heterocycles. The number of carboxylic acids is 1. The SMILES string of the molecule is CS(=O)(=O)N1CCN(c2ncc(CC(=O)O)cn2)CC1.Cl.